The molecule has 0 fully saturated rings. The van der Waals surface area contributed by atoms with E-state index in [0.29, 0.717) is 17.1 Å². The summed E-state index contributed by atoms with van der Waals surface area (Å²) in [6.07, 6.45) is 1.56. The molecule has 0 aliphatic heterocycles. The summed E-state index contributed by atoms with van der Waals surface area (Å²) in [6.45, 7) is 6.79. The van der Waals surface area contributed by atoms with E-state index in [-0.39, 0.29) is 0 Å². The molecule has 0 spiro atoms. The largest absolute Gasteiger partial charge is 0.496 e. The van der Waals surface area contributed by atoms with Crippen LogP contribution in [0.15, 0.2) is 36.4 Å². The highest BCUT2D eigenvalue weighted by molar-refractivity contribution is 6.02. The molecular formula is C26H32N2O4. The maximum atomic E-state index is 12.5. The number of primary amides is 1. The van der Waals surface area contributed by atoms with Crippen LogP contribution in [-0.4, -0.2) is 31.8 Å². The van der Waals surface area contributed by atoms with Crippen molar-refractivity contribution in [3.63, 3.8) is 0 Å². The topological polar surface area (TPSA) is 75.7 Å². The number of ether oxygens (including phenoxy) is 3. The fourth-order valence-corrected chi connectivity index (χ4v) is 4.39. The summed E-state index contributed by atoms with van der Waals surface area (Å²) in [6, 6.07) is 11.9. The summed E-state index contributed by atoms with van der Waals surface area (Å²) in [4.78, 5) is 12.5. The number of nitrogens with zero attached hydrogens (tertiary/aromatic N) is 1. The molecule has 6 heteroatoms. The Morgan fingerprint density at radius 1 is 0.938 bits per heavy atom. The van der Waals surface area contributed by atoms with E-state index < -0.39 is 5.91 Å². The minimum atomic E-state index is -0.412. The van der Waals surface area contributed by atoms with Crippen molar-refractivity contribution >= 4 is 5.91 Å². The maximum absolute atomic E-state index is 12.5. The molecule has 1 amide bonds. The van der Waals surface area contributed by atoms with E-state index >= 15 is 0 Å². The number of aromatic nitrogens is 1. The first-order valence-electron chi connectivity index (χ1n) is 10.7. The zero-order valence-corrected chi connectivity index (χ0v) is 19.7. The summed E-state index contributed by atoms with van der Waals surface area (Å²) in [5.41, 5.74) is 12.4. The Balaban J connectivity index is 2.05. The molecule has 0 aliphatic carbocycles. The molecule has 3 rings (SSSR count). The molecule has 3 aromatic rings. The van der Waals surface area contributed by atoms with Crippen molar-refractivity contribution in [2.75, 3.05) is 21.3 Å². The Morgan fingerprint density at radius 3 is 2.16 bits per heavy atom. The fraction of sp³-hybridized carbons (Fsp3) is 0.346. The van der Waals surface area contributed by atoms with Crippen molar-refractivity contribution < 1.29 is 19.0 Å². The van der Waals surface area contributed by atoms with Gasteiger partial charge in [-0.1, -0.05) is 19.1 Å². The third-order valence-corrected chi connectivity index (χ3v) is 5.97. The number of carbonyl (C=O) groups is 1. The third-order valence-electron chi connectivity index (χ3n) is 5.97. The highest BCUT2D eigenvalue weighted by Crippen LogP contribution is 2.36. The number of rotatable bonds is 9. The Kier molecular flexibility index (Phi) is 7.13. The molecule has 0 unspecified atom stereocenters. The van der Waals surface area contributed by atoms with Gasteiger partial charge in [0.1, 0.15) is 5.75 Å². The van der Waals surface area contributed by atoms with Gasteiger partial charge in [0.25, 0.3) is 5.91 Å². The van der Waals surface area contributed by atoms with E-state index in [2.05, 4.69) is 17.6 Å². The van der Waals surface area contributed by atoms with Gasteiger partial charge >= 0.3 is 0 Å². The van der Waals surface area contributed by atoms with Crippen LogP contribution in [0.1, 0.15) is 39.8 Å². The van der Waals surface area contributed by atoms with Gasteiger partial charge in [-0.05, 0) is 67.6 Å². The molecule has 32 heavy (non-hydrogen) atoms. The zero-order chi connectivity index (χ0) is 23.4. The van der Waals surface area contributed by atoms with Crippen LogP contribution in [0, 0.1) is 13.8 Å². The van der Waals surface area contributed by atoms with Crippen LogP contribution in [0.5, 0.6) is 17.2 Å². The summed E-state index contributed by atoms with van der Waals surface area (Å²) in [5, 5.41) is 0. The van der Waals surface area contributed by atoms with Crippen molar-refractivity contribution in [1.29, 1.82) is 0 Å². The van der Waals surface area contributed by atoms with E-state index in [4.69, 9.17) is 19.9 Å². The lowest BCUT2D eigenvalue weighted by atomic mass is 9.97. The number of hydrogen-bond donors (Lipinski definition) is 1. The van der Waals surface area contributed by atoms with Gasteiger partial charge in [-0.15, -0.1) is 0 Å². The molecular weight excluding hydrogens is 404 g/mol. The standard InChI is InChI=1S/C26H32N2O4/c1-7-20-25(19-9-11-21(30-4)16(2)14-19)24(26(27)29)17(3)28(20)13-12-18-8-10-22(31-5)23(15-18)32-6/h8-11,14-15H,7,12-13H2,1-6H3,(H2,27,29). The van der Waals surface area contributed by atoms with E-state index in [9.17, 15) is 4.79 Å². The summed E-state index contributed by atoms with van der Waals surface area (Å²) in [7, 11) is 4.92. The van der Waals surface area contributed by atoms with Crippen LogP contribution < -0.4 is 19.9 Å². The van der Waals surface area contributed by atoms with E-state index in [1.54, 1.807) is 21.3 Å². The number of hydrogen-bond acceptors (Lipinski definition) is 4. The van der Waals surface area contributed by atoms with Gasteiger partial charge in [0.15, 0.2) is 11.5 Å². The predicted molar refractivity (Wildman–Crippen MR) is 127 cm³/mol. The minimum Gasteiger partial charge on any atom is -0.496 e. The van der Waals surface area contributed by atoms with Crippen molar-refractivity contribution in [1.82, 2.24) is 4.57 Å². The molecule has 1 aromatic heterocycles. The van der Waals surface area contributed by atoms with Crippen LogP contribution >= 0.6 is 0 Å². The Hall–Kier alpha value is -3.41. The van der Waals surface area contributed by atoms with Crippen LogP contribution in [0.3, 0.4) is 0 Å². The van der Waals surface area contributed by atoms with Gasteiger partial charge in [-0.3, -0.25) is 4.79 Å². The number of nitrogens with two attached hydrogens (primary N) is 1. The average Bonchev–Trinajstić information content (AvgIpc) is 3.08. The van der Waals surface area contributed by atoms with Gasteiger partial charge < -0.3 is 24.5 Å². The Labute approximate surface area is 189 Å². The predicted octanol–water partition coefficient (Wildman–Crippen LogP) is 4.70. The maximum Gasteiger partial charge on any atom is 0.251 e. The molecule has 0 saturated carbocycles. The molecule has 0 atom stereocenters. The first kappa shape index (κ1) is 23.3. The number of benzene rings is 2. The van der Waals surface area contributed by atoms with Crippen molar-refractivity contribution in [2.24, 2.45) is 5.73 Å². The van der Waals surface area contributed by atoms with E-state index in [1.165, 1.54) is 0 Å². The second-order valence-electron chi connectivity index (χ2n) is 7.78. The smallest absolute Gasteiger partial charge is 0.251 e. The molecule has 0 aliphatic rings. The second kappa shape index (κ2) is 9.81. The average molecular weight is 437 g/mol. The lowest BCUT2D eigenvalue weighted by Crippen LogP contribution is -2.14. The summed E-state index contributed by atoms with van der Waals surface area (Å²) >= 11 is 0. The van der Waals surface area contributed by atoms with Gasteiger partial charge in [0, 0.05) is 23.5 Å². The first-order valence-corrected chi connectivity index (χ1v) is 10.7. The van der Waals surface area contributed by atoms with Crippen molar-refractivity contribution in [2.45, 2.75) is 40.2 Å². The SMILES string of the molecule is CCc1c(-c2ccc(OC)c(C)c2)c(C(N)=O)c(C)n1CCc1ccc(OC)c(OC)c1. The fourth-order valence-electron chi connectivity index (χ4n) is 4.39. The quantitative estimate of drug-likeness (QED) is 0.527. The Bertz CT molecular complexity index is 1130. The van der Waals surface area contributed by atoms with Gasteiger partial charge in [0.05, 0.1) is 26.9 Å². The highest BCUT2D eigenvalue weighted by atomic mass is 16.5. The number of methoxy groups -OCH3 is 3. The van der Waals surface area contributed by atoms with Crippen molar-refractivity contribution in [3.8, 4) is 28.4 Å². The van der Waals surface area contributed by atoms with E-state index in [1.807, 2.05) is 44.2 Å². The van der Waals surface area contributed by atoms with Crippen LogP contribution in [0.2, 0.25) is 0 Å². The lowest BCUT2D eigenvalue weighted by Gasteiger charge is -2.14. The summed E-state index contributed by atoms with van der Waals surface area (Å²) in [5.74, 6) is 1.82. The molecule has 170 valence electrons. The minimum absolute atomic E-state index is 0.412. The number of carbonyl (C=O) groups excluding carboxylic acids is 1. The van der Waals surface area contributed by atoms with Gasteiger partial charge in [-0.2, -0.15) is 0 Å². The van der Waals surface area contributed by atoms with Crippen LogP contribution in [-0.2, 0) is 19.4 Å². The third kappa shape index (κ3) is 4.31. The molecule has 2 N–H and O–H groups in total. The molecule has 0 radical (unpaired) electrons. The van der Waals surface area contributed by atoms with E-state index in [0.717, 1.165) is 58.8 Å². The van der Waals surface area contributed by atoms with Gasteiger partial charge in [0.2, 0.25) is 0 Å². The monoisotopic (exact) mass is 436 g/mol. The zero-order valence-electron chi connectivity index (χ0n) is 19.7. The normalized spacial score (nSPS) is 10.8. The number of aryl methyl sites for hydroxylation is 2. The van der Waals surface area contributed by atoms with Crippen molar-refractivity contribution in [3.05, 3.63) is 64.5 Å². The molecule has 1 heterocycles. The molecule has 2 aromatic carbocycles. The van der Waals surface area contributed by atoms with Gasteiger partial charge in [-0.25, -0.2) is 0 Å². The molecule has 6 nitrogen and oxygen atoms in total. The first-order chi connectivity index (χ1) is 15.4. The summed E-state index contributed by atoms with van der Waals surface area (Å²) < 4.78 is 18.4. The molecule has 0 saturated heterocycles. The number of amides is 1. The lowest BCUT2D eigenvalue weighted by molar-refractivity contribution is 0.1000. The van der Waals surface area contributed by atoms with Crippen LogP contribution in [0.4, 0.5) is 0 Å². The van der Waals surface area contributed by atoms with Crippen LogP contribution in [0.25, 0.3) is 11.1 Å². The highest BCUT2D eigenvalue weighted by Gasteiger charge is 2.24. The second-order valence-corrected chi connectivity index (χ2v) is 7.78. The molecule has 0 bridgehead atoms. The Morgan fingerprint density at radius 2 is 1.59 bits per heavy atom.